The molecule has 0 spiro atoms. The molecule has 0 unspecified atom stereocenters. The summed E-state index contributed by atoms with van der Waals surface area (Å²) < 4.78 is 5.40. The Labute approximate surface area is 177 Å². The first-order valence-corrected chi connectivity index (χ1v) is 10.7. The summed E-state index contributed by atoms with van der Waals surface area (Å²) in [4.78, 5) is 30.7. The normalized spacial score (nSPS) is 10.4. The van der Waals surface area contributed by atoms with Crippen LogP contribution in [0.1, 0.15) is 19.5 Å². The average Bonchev–Trinajstić information content (AvgIpc) is 3.16. The molecular formula is C21H21N3O3S2. The molecule has 0 radical (unpaired) electrons. The molecule has 6 nitrogen and oxygen atoms in total. The fourth-order valence-corrected chi connectivity index (χ4v) is 4.46. The molecule has 8 heteroatoms. The second-order valence-electron chi connectivity index (χ2n) is 6.14. The Hall–Kier alpha value is -2.84. The molecule has 0 aliphatic heterocycles. The van der Waals surface area contributed by atoms with Gasteiger partial charge in [-0.05, 0) is 36.4 Å². The average molecular weight is 428 g/mol. The van der Waals surface area contributed by atoms with E-state index in [4.69, 9.17) is 4.74 Å². The summed E-state index contributed by atoms with van der Waals surface area (Å²) in [5.41, 5.74) is 2.33. The lowest BCUT2D eigenvalue weighted by atomic mass is 10.2. The van der Waals surface area contributed by atoms with Crippen molar-refractivity contribution in [2.75, 3.05) is 17.3 Å². The van der Waals surface area contributed by atoms with Crippen molar-refractivity contribution in [3.05, 3.63) is 59.6 Å². The van der Waals surface area contributed by atoms with Crippen molar-refractivity contribution in [3.63, 3.8) is 0 Å². The molecule has 3 aromatic rings. The quantitative estimate of drug-likeness (QED) is 0.532. The minimum absolute atomic E-state index is 0.0922. The van der Waals surface area contributed by atoms with Gasteiger partial charge in [-0.2, -0.15) is 0 Å². The molecule has 0 bridgehead atoms. The van der Waals surface area contributed by atoms with Gasteiger partial charge in [0.2, 0.25) is 11.8 Å². The summed E-state index contributed by atoms with van der Waals surface area (Å²) in [5.74, 6) is 1.07. The summed E-state index contributed by atoms with van der Waals surface area (Å²) in [5, 5.41) is 5.32. The fourth-order valence-electron chi connectivity index (χ4n) is 2.68. The number of thioether (sulfide) groups is 1. The largest absolute Gasteiger partial charge is 0.495 e. The summed E-state index contributed by atoms with van der Waals surface area (Å²) >= 11 is 3.06. The van der Waals surface area contributed by atoms with E-state index in [0.717, 1.165) is 16.3 Å². The van der Waals surface area contributed by atoms with E-state index in [1.54, 1.807) is 23.8 Å². The number of aromatic nitrogens is 1. The van der Waals surface area contributed by atoms with Gasteiger partial charge in [-0.1, -0.05) is 12.1 Å². The standard InChI is InChI=1S/C21H21N3O3S2/c1-14(25)22-16-8-10-18(11-9-16)28-12-17-13-29-21(23-17)24(15(2)26)19-6-4-5-7-20(19)27-3/h4-11,13H,12H2,1-3H3,(H,22,25). The van der Waals surface area contributed by atoms with Crippen LogP contribution in [-0.4, -0.2) is 23.9 Å². The molecule has 3 rings (SSSR count). The zero-order valence-corrected chi connectivity index (χ0v) is 18.0. The number of methoxy groups -OCH3 is 1. The van der Waals surface area contributed by atoms with Crippen LogP contribution in [0.3, 0.4) is 0 Å². The predicted molar refractivity (Wildman–Crippen MR) is 118 cm³/mol. The van der Waals surface area contributed by atoms with E-state index in [2.05, 4.69) is 10.3 Å². The lowest BCUT2D eigenvalue weighted by Crippen LogP contribution is -2.23. The molecule has 0 saturated heterocycles. The van der Waals surface area contributed by atoms with E-state index in [0.29, 0.717) is 22.3 Å². The number of amides is 2. The van der Waals surface area contributed by atoms with Gasteiger partial charge in [-0.15, -0.1) is 23.1 Å². The van der Waals surface area contributed by atoms with Crippen molar-refractivity contribution in [2.45, 2.75) is 24.5 Å². The molecule has 1 heterocycles. The first-order chi connectivity index (χ1) is 14.0. The summed E-state index contributed by atoms with van der Waals surface area (Å²) in [6.07, 6.45) is 0. The molecule has 150 valence electrons. The van der Waals surface area contributed by atoms with E-state index < -0.39 is 0 Å². The van der Waals surface area contributed by atoms with Crippen molar-refractivity contribution < 1.29 is 14.3 Å². The van der Waals surface area contributed by atoms with Crippen LogP contribution in [0.15, 0.2) is 58.8 Å². The Morgan fingerprint density at radius 2 is 1.86 bits per heavy atom. The van der Waals surface area contributed by atoms with Gasteiger partial charge >= 0.3 is 0 Å². The van der Waals surface area contributed by atoms with Crippen LogP contribution in [0.4, 0.5) is 16.5 Å². The van der Waals surface area contributed by atoms with E-state index >= 15 is 0 Å². The zero-order chi connectivity index (χ0) is 20.8. The summed E-state index contributed by atoms with van der Waals surface area (Å²) in [6, 6.07) is 15.0. The zero-order valence-electron chi connectivity index (χ0n) is 16.3. The lowest BCUT2D eigenvalue weighted by Gasteiger charge is -2.20. The van der Waals surface area contributed by atoms with Crippen molar-refractivity contribution in [1.29, 1.82) is 0 Å². The fraction of sp³-hybridized carbons (Fsp3) is 0.190. The van der Waals surface area contributed by atoms with Gasteiger partial charge in [0.15, 0.2) is 5.13 Å². The van der Waals surface area contributed by atoms with Crippen molar-refractivity contribution in [3.8, 4) is 5.75 Å². The topological polar surface area (TPSA) is 71.5 Å². The molecule has 0 aliphatic carbocycles. The maximum absolute atomic E-state index is 12.3. The van der Waals surface area contributed by atoms with Crippen LogP contribution in [0.5, 0.6) is 5.75 Å². The Morgan fingerprint density at radius 3 is 2.52 bits per heavy atom. The number of nitrogens with zero attached hydrogens (tertiary/aromatic N) is 2. The number of thiazole rings is 1. The van der Waals surface area contributed by atoms with Crippen LogP contribution >= 0.6 is 23.1 Å². The minimum Gasteiger partial charge on any atom is -0.495 e. The molecule has 29 heavy (non-hydrogen) atoms. The molecule has 0 aliphatic rings. The number of para-hydroxylation sites is 2. The van der Waals surface area contributed by atoms with Crippen LogP contribution in [0.25, 0.3) is 0 Å². The highest BCUT2D eigenvalue weighted by Crippen LogP contribution is 2.36. The van der Waals surface area contributed by atoms with Crippen LogP contribution < -0.4 is 15.0 Å². The summed E-state index contributed by atoms with van der Waals surface area (Å²) in [7, 11) is 1.58. The van der Waals surface area contributed by atoms with E-state index in [1.165, 1.54) is 25.2 Å². The summed E-state index contributed by atoms with van der Waals surface area (Å²) in [6.45, 7) is 3.00. The number of hydrogen-bond donors (Lipinski definition) is 1. The Bertz CT molecular complexity index is 1000. The third-order valence-electron chi connectivity index (χ3n) is 3.93. The number of benzene rings is 2. The Morgan fingerprint density at radius 1 is 1.14 bits per heavy atom. The van der Waals surface area contributed by atoms with Gasteiger partial charge in [0, 0.05) is 35.6 Å². The second kappa shape index (κ2) is 9.58. The van der Waals surface area contributed by atoms with Crippen molar-refractivity contribution in [2.24, 2.45) is 0 Å². The SMILES string of the molecule is COc1ccccc1N(C(C)=O)c1nc(CSc2ccc(NC(C)=O)cc2)cs1. The van der Waals surface area contributed by atoms with Gasteiger partial charge in [-0.3, -0.25) is 14.5 Å². The molecule has 1 aromatic heterocycles. The van der Waals surface area contributed by atoms with Gasteiger partial charge in [0.05, 0.1) is 18.5 Å². The minimum atomic E-state index is -0.128. The lowest BCUT2D eigenvalue weighted by molar-refractivity contribution is -0.116. The third-order valence-corrected chi connectivity index (χ3v) is 5.85. The van der Waals surface area contributed by atoms with Crippen LogP contribution in [-0.2, 0) is 15.3 Å². The number of carbonyl (C=O) groups excluding carboxylic acids is 2. The molecule has 2 amide bonds. The highest BCUT2D eigenvalue weighted by atomic mass is 32.2. The number of carbonyl (C=O) groups is 2. The maximum atomic E-state index is 12.3. The van der Waals surface area contributed by atoms with E-state index in [-0.39, 0.29) is 11.8 Å². The Balaban J connectivity index is 1.72. The molecule has 0 fully saturated rings. The van der Waals surface area contributed by atoms with Crippen molar-refractivity contribution >= 4 is 51.4 Å². The maximum Gasteiger partial charge on any atom is 0.230 e. The molecule has 0 atom stereocenters. The van der Waals surface area contributed by atoms with Crippen molar-refractivity contribution in [1.82, 2.24) is 4.98 Å². The first-order valence-electron chi connectivity index (χ1n) is 8.86. The molecule has 1 N–H and O–H groups in total. The molecule has 2 aromatic carbocycles. The second-order valence-corrected chi connectivity index (χ2v) is 8.03. The number of rotatable bonds is 7. The molecule has 0 saturated carbocycles. The monoisotopic (exact) mass is 427 g/mol. The van der Waals surface area contributed by atoms with Gasteiger partial charge in [0.25, 0.3) is 0 Å². The molecular weight excluding hydrogens is 406 g/mol. The Kier molecular flexibility index (Phi) is 6.90. The smallest absolute Gasteiger partial charge is 0.230 e. The highest BCUT2D eigenvalue weighted by molar-refractivity contribution is 7.98. The number of hydrogen-bond acceptors (Lipinski definition) is 6. The van der Waals surface area contributed by atoms with Crippen LogP contribution in [0.2, 0.25) is 0 Å². The van der Waals surface area contributed by atoms with E-state index in [9.17, 15) is 9.59 Å². The number of ether oxygens (including phenoxy) is 1. The van der Waals surface area contributed by atoms with Gasteiger partial charge in [0.1, 0.15) is 5.75 Å². The van der Waals surface area contributed by atoms with Gasteiger partial charge in [-0.25, -0.2) is 4.98 Å². The van der Waals surface area contributed by atoms with E-state index in [1.807, 2.05) is 53.9 Å². The van der Waals surface area contributed by atoms with Gasteiger partial charge < -0.3 is 10.1 Å². The predicted octanol–water partition coefficient (Wildman–Crippen LogP) is 5.09. The number of anilines is 3. The third kappa shape index (κ3) is 5.36. The first kappa shape index (κ1) is 20.9. The number of nitrogens with one attached hydrogen (secondary N) is 1. The highest BCUT2D eigenvalue weighted by Gasteiger charge is 2.21. The van der Waals surface area contributed by atoms with Crippen LogP contribution in [0, 0.1) is 0 Å².